The molecule has 3 aliphatic carbocycles. The zero-order valence-corrected chi connectivity index (χ0v) is 13.1. The second kappa shape index (κ2) is 6.78. The molecule has 2 atom stereocenters. The molecule has 2 unspecified atom stereocenters. The lowest BCUT2D eigenvalue weighted by molar-refractivity contribution is 0.153. The summed E-state index contributed by atoms with van der Waals surface area (Å²) in [7, 11) is 0. The first-order chi connectivity index (χ1) is 9.83. The average molecular weight is 270 g/mol. The second-order valence-electron chi connectivity index (χ2n) is 7.38. The van der Waals surface area contributed by atoms with Gasteiger partial charge >= 0.3 is 0 Å². The third kappa shape index (κ3) is 3.45. The van der Waals surface area contributed by atoms with E-state index in [0.29, 0.717) is 0 Å². The summed E-state index contributed by atoms with van der Waals surface area (Å²) in [6, 6.07) is 0. The molecular formula is C20H30. The molecule has 0 nitrogen and oxygen atoms in total. The van der Waals surface area contributed by atoms with Crippen molar-refractivity contribution in [2.45, 2.75) is 64.7 Å². The number of hydrogen-bond acceptors (Lipinski definition) is 0. The summed E-state index contributed by atoms with van der Waals surface area (Å²) in [5, 5.41) is 0. The third-order valence-electron chi connectivity index (χ3n) is 5.89. The minimum absolute atomic E-state index is 0.839. The van der Waals surface area contributed by atoms with E-state index >= 15 is 0 Å². The molecule has 0 aliphatic heterocycles. The van der Waals surface area contributed by atoms with Gasteiger partial charge in [0.2, 0.25) is 0 Å². The summed E-state index contributed by atoms with van der Waals surface area (Å²) >= 11 is 0. The van der Waals surface area contributed by atoms with Crippen molar-refractivity contribution < 1.29 is 0 Å². The SMILES string of the molecule is CC1CCCC(C2CCC(C3=CC=CCC=C3)CC2)C1. The van der Waals surface area contributed by atoms with E-state index in [1.54, 1.807) is 5.57 Å². The van der Waals surface area contributed by atoms with Crippen LogP contribution in [0, 0.1) is 23.7 Å². The van der Waals surface area contributed by atoms with Crippen molar-refractivity contribution in [3.8, 4) is 0 Å². The van der Waals surface area contributed by atoms with Gasteiger partial charge in [-0.15, -0.1) is 0 Å². The zero-order valence-electron chi connectivity index (χ0n) is 13.1. The minimum atomic E-state index is 0.839. The van der Waals surface area contributed by atoms with Crippen LogP contribution in [0.1, 0.15) is 64.7 Å². The van der Waals surface area contributed by atoms with Gasteiger partial charge in [0.15, 0.2) is 0 Å². The van der Waals surface area contributed by atoms with Gasteiger partial charge in [0.1, 0.15) is 0 Å². The van der Waals surface area contributed by atoms with Crippen LogP contribution in [0.3, 0.4) is 0 Å². The maximum Gasteiger partial charge on any atom is -0.0162 e. The minimum Gasteiger partial charge on any atom is -0.0807 e. The third-order valence-corrected chi connectivity index (χ3v) is 5.89. The fourth-order valence-corrected chi connectivity index (χ4v) is 4.70. The molecule has 3 rings (SSSR count). The molecule has 0 spiro atoms. The Morgan fingerprint density at radius 1 is 0.900 bits per heavy atom. The summed E-state index contributed by atoms with van der Waals surface area (Å²) in [6.45, 7) is 2.46. The van der Waals surface area contributed by atoms with Crippen molar-refractivity contribution >= 4 is 0 Å². The van der Waals surface area contributed by atoms with Gasteiger partial charge in [0.25, 0.3) is 0 Å². The highest BCUT2D eigenvalue weighted by Crippen LogP contribution is 2.43. The smallest absolute Gasteiger partial charge is 0.0162 e. The molecule has 0 radical (unpaired) electrons. The normalized spacial score (nSPS) is 38.4. The van der Waals surface area contributed by atoms with Gasteiger partial charge in [-0.2, -0.15) is 0 Å². The Morgan fingerprint density at radius 3 is 2.55 bits per heavy atom. The predicted molar refractivity (Wildman–Crippen MR) is 87.6 cm³/mol. The predicted octanol–water partition coefficient (Wildman–Crippen LogP) is 6.06. The van der Waals surface area contributed by atoms with Crippen LogP contribution in [0.2, 0.25) is 0 Å². The molecule has 0 heterocycles. The van der Waals surface area contributed by atoms with Crippen molar-refractivity contribution in [3.05, 3.63) is 36.0 Å². The van der Waals surface area contributed by atoms with Crippen LogP contribution in [0.5, 0.6) is 0 Å². The van der Waals surface area contributed by atoms with Gasteiger partial charge in [-0.25, -0.2) is 0 Å². The summed E-state index contributed by atoms with van der Waals surface area (Å²) in [5.74, 6) is 3.92. The van der Waals surface area contributed by atoms with Crippen LogP contribution in [0.15, 0.2) is 36.0 Å². The first-order valence-electron chi connectivity index (χ1n) is 8.86. The standard InChI is InChI=1S/C20H30/c1-16-7-6-10-20(15-16)19-13-11-18(12-14-19)17-8-4-2-3-5-9-17/h2,4-5,8-9,16,18-20H,3,6-7,10-15H2,1H3. The Labute approximate surface area is 125 Å². The Bertz CT molecular complexity index is 390. The molecule has 0 aromatic rings. The topological polar surface area (TPSA) is 0 Å². The van der Waals surface area contributed by atoms with Crippen LogP contribution >= 0.6 is 0 Å². The molecule has 3 aliphatic rings. The van der Waals surface area contributed by atoms with Crippen molar-refractivity contribution in [1.82, 2.24) is 0 Å². The van der Waals surface area contributed by atoms with E-state index in [1.807, 2.05) is 0 Å². The van der Waals surface area contributed by atoms with E-state index in [-0.39, 0.29) is 0 Å². The summed E-state index contributed by atoms with van der Waals surface area (Å²) in [6.07, 6.45) is 24.5. The molecule has 0 bridgehead atoms. The first-order valence-corrected chi connectivity index (χ1v) is 8.86. The van der Waals surface area contributed by atoms with Gasteiger partial charge in [-0.3, -0.25) is 0 Å². The van der Waals surface area contributed by atoms with Crippen LogP contribution in [-0.2, 0) is 0 Å². The zero-order chi connectivity index (χ0) is 13.8. The van der Waals surface area contributed by atoms with Gasteiger partial charge in [0.05, 0.1) is 0 Å². The largest absolute Gasteiger partial charge is 0.0807 e. The molecule has 0 aromatic heterocycles. The molecule has 0 amide bonds. The van der Waals surface area contributed by atoms with Gasteiger partial charge in [-0.1, -0.05) is 56.6 Å². The number of hydrogen-bond donors (Lipinski definition) is 0. The van der Waals surface area contributed by atoms with Gasteiger partial charge in [0, 0.05) is 0 Å². The highest BCUT2D eigenvalue weighted by molar-refractivity contribution is 5.29. The molecule has 2 fully saturated rings. The molecule has 0 N–H and O–H groups in total. The van der Waals surface area contributed by atoms with E-state index in [4.69, 9.17) is 0 Å². The van der Waals surface area contributed by atoms with E-state index in [1.165, 1.54) is 51.4 Å². The van der Waals surface area contributed by atoms with Crippen LogP contribution < -0.4 is 0 Å². The molecular weight excluding hydrogens is 240 g/mol. The lowest BCUT2D eigenvalue weighted by atomic mass is 9.68. The van der Waals surface area contributed by atoms with Crippen molar-refractivity contribution in [2.24, 2.45) is 23.7 Å². The Kier molecular flexibility index (Phi) is 4.81. The molecule has 0 heteroatoms. The van der Waals surface area contributed by atoms with Crippen LogP contribution in [-0.4, -0.2) is 0 Å². The second-order valence-corrected chi connectivity index (χ2v) is 7.38. The van der Waals surface area contributed by atoms with E-state index in [2.05, 4.69) is 37.3 Å². The Balaban J connectivity index is 1.54. The Morgan fingerprint density at radius 2 is 1.75 bits per heavy atom. The number of allylic oxidation sites excluding steroid dienone is 6. The van der Waals surface area contributed by atoms with E-state index in [9.17, 15) is 0 Å². The highest BCUT2D eigenvalue weighted by atomic mass is 14.4. The van der Waals surface area contributed by atoms with Gasteiger partial charge < -0.3 is 0 Å². The maximum atomic E-state index is 2.46. The van der Waals surface area contributed by atoms with Gasteiger partial charge in [-0.05, 0) is 67.8 Å². The summed E-state index contributed by atoms with van der Waals surface area (Å²) in [5.41, 5.74) is 1.59. The van der Waals surface area contributed by atoms with Crippen molar-refractivity contribution in [3.63, 3.8) is 0 Å². The molecule has 0 aromatic carbocycles. The van der Waals surface area contributed by atoms with Crippen molar-refractivity contribution in [2.75, 3.05) is 0 Å². The van der Waals surface area contributed by atoms with E-state index < -0.39 is 0 Å². The molecule has 20 heavy (non-hydrogen) atoms. The fraction of sp³-hybridized carbons (Fsp3) is 0.700. The fourth-order valence-electron chi connectivity index (χ4n) is 4.70. The summed E-state index contributed by atoms with van der Waals surface area (Å²) in [4.78, 5) is 0. The lowest BCUT2D eigenvalue weighted by Gasteiger charge is -2.38. The highest BCUT2D eigenvalue weighted by Gasteiger charge is 2.30. The quantitative estimate of drug-likeness (QED) is 0.572. The Hall–Kier alpha value is -0.780. The monoisotopic (exact) mass is 270 g/mol. The average Bonchev–Trinajstić information content (AvgIpc) is 2.76. The molecule has 0 saturated heterocycles. The molecule has 110 valence electrons. The number of rotatable bonds is 2. The summed E-state index contributed by atoms with van der Waals surface area (Å²) < 4.78 is 0. The maximum absolute atomic E-state index is 2.46. The van der Waals surface area contributed by atoms with Crippen LogP contribution in [0.4, 0.5) is 0 Å². The van der Waals surface area contributed by atoms with E-state index in [0.717, 1.165) is 30.1 Å². The molecule has 2 saturated carbocycles. The van der Waals surface area contributed by atoms with Crippen molar-refractivity contribution in [1.29, 1.82) is 0 Å². The first kappa shape index (κ1) is 14.2. The van der Waals surface area contributed by atoms with Crippen LogP contribution in [0.25, 0.3) is 0 Å². The lowest BCUT2D eigenvalue weighted by Crippen LogP contribution is -2.26.